The van der Waals surface area contributed by atoms with Crippen molar-refractivity contribution in [1.82, 2.24) is 10.2 Å². The fourth-order valence-corrected chi connectivity index (χ4v) is 4.17. The molecule has 0 spiro atoms. The van der Waals surface area contributed by atoms with Crippen molar-refractivity contribution in [2.75, 3.05) is 7.11 Å². The lowest BCUT2D eigenvalue weighted by atomic mass is 9.79. The van der Waals surface area contributed by atoms with E-state index in [1.165, 1.54) is 0 Å². The van der Waals surface area contributed by atoms with Crippen molar-refractivity contribution < 1.29 is 23.8 Å². The maximum absolute atomic E-state index is 11.8. The number of benzene rings is 2. The first kappa shape index (κ1) is 23.4. The van der Waals surface area contributed by atoms with Crippen LogP contribution in [-0.4, -0.2) is 34.5 Å². The molecule has 7 nitrogen and oxygen atoms in total. The number of methoxy groups -OCH3 is 1. The van der Waals surface area contributed by atoms with Gasteiger partial charge in [0.25, 0.3) is 0 Å². The van der Waals surface area contributed by atoms with E-state index in [1.54, 1.807) is 14.0 Å². The molecule has 1 heterocycles. The maximum Gasteiger partial charge on any atom is 0.305 e. The zero-order valence-corrected chi connectivity index (χ0v) is 19.6. The Kier molecular flexibility index (Phi) is 6.87. The molecule has 34 heavy (non-hydrogen) atoms. The van der Waals surface area contributed by atoms with E-state index < -0.39 is 11.4 Å². The lowest BCUT2D eigenvalue weighted by molar-refractivity contribution is -0.137. The molecule has 0 bridgehead atoms. The Hall–Kier alpha value is -3.79. The normalized spacial score (nSPS) is 15.3. The van der Waals surface area contributed by atoms with Crippen LogP contribution in [0.3, 0.4) is 0 Å². The van der Waals surface area contributed by atoms with Crippen molar-refractivity contribution in [3.05, 3.63) is 59.5 Å². The third-order valence-electron chi connectivity index (χ3n) is 6.02. The molecule has 3 aromatic rings. The average Bonchev–Trinajstić information content (AvgIpc) is 3.49. The summed E-state index contributed by atoms with van der Waals surface area (Å²) >= 11 is 0. The molecule has 1 N–H and O–H groups in total. The Morgan fingerprint density at radius 3 is 2.65 bits per heavy atom. The molecular formula is C27H28N2O5. The number of aliphatic carboxylic acids is 1. The molecule has 0 aliphatic heterocycles. The van der Waals surface area contributed by atoms with Crippen LogP contribution < -0.4 is 9.47 Å². The Balaban J connectivity index is 1.68. The molecule has 1 aliphatic rings. The van der Waals surface area contributed by atoms with Crippen LogP contribution in [0.5, 0.6) is 11.5 Å². The molecule has 1 atom stereocenters. The zero-order chi connectivity index (χ0) is 24.1. The molecular weight excluding hydrogens is 432 g/mol. The fraction of sp³-hybridized carbons (Fsp3) is 0.370. The Labute approximate surface area is 199 Å². The summed E-state index contributed by atoms with van der Waals surface area (Å²) in [6, 6.07) is 13.0. The highest BCUT2D eigenvalue weighted by atomic mass is 16.5. The molecule has 0 amide bonds. The number of carboxylic acids is 1. The second-order valence-corrected chi connectivity index (χ2v) is 8.75. The molecule has 2 aromatic carbocycles. The summed E-state index contributed by atoms with van der Waals surface area (Å²) in [5.41, 5.74) is 1.30. The minimum atomic E-state index is -0.941. The monoisotopic (exact) mass is 460 g/mol. The van der Waals surface area contributed by atoms with Crippen LogP contribution in [0.2, 0.25) is 0 Å². The van der Waals surface area contributed by atoms with Crippen molar-refractivity contribution in [2.24, 2.45) is 0 Å². The third kappa shape index (κ3) is 5.40. The average molecular weight is 461 g/mol. The summed E-state index contributed by atoms with van der Waals surface area (Å²) in [5.74, 6) is 7.58. The van der Waals surface area contributed by atoms with Crippen LogP contribution >= 0.6 is 0 Å². The highest BCUT2D eigenvalue weighted by molar-refractivity contribution is 5.71. The summed E-state index contributed by atoms with van der Waals surface area (Å²) in [7, 11) is 1.60. The molecule has 4 rings (SSSR count). The van der Waals surface area contributed by atoms with Gasteiger partial charge >= 0.3 is 5.97 Å². The molecule has 1 fully saturated rings. The van der Waals surface area contributed by atoms with Gasteiger partial charge in [0, 0.05) is 18.1 Å². The zero-order valence-electron chi connectivity index (χ0n) is 19.6. The Morgan fingerprint density at radius 2 is 1.97 bits per heavy atom. The SMILES string of the molecule is COc1ccc(C(C)(C#Cc2cccc(-c3nnc(C)o3)c2)CC(=O)O)cc1OC1CCCC1. The van der Waals surface area contributed by atoms with E-state index in [1.807, 2.05) is 49.4 Å². The Morgan fingerprint density at radius 1 is 1.18 bits per heavy atom. The highest BCUT2D eigenvalue weighted by Gasteiger charge is 2.30. The number of aryl methyl sites for hydroxylation is 1. The van der Waals surface area contributed by atoms with Gasteiger partial charge in [-0.15, -0.1) is 10.2 Å². The quantitative estimate of drug-likeness (QED) is 0.487. The second kappa shape index (κ2) is 10.0. The van der Waals surface area contributed by atoms with Crippen molar-refractivity contribution in [1.29, 1.82) is 0 Å². The van der Waals surface area contributed by atoms with Crippen molar-refractivity contribution in [3.63, 3.8) is 0 Å². The van der Waals surface area contributed by atoms with E-state index in [0.29, 0.717) is 23.3 Å². The summed E-state index contributed by atoms with van der Waals surface area (Å²) in [6.45, 7) is 3.57. The molecule has 1 saturated carbocycles. The lowest BCUT2D eigenvalue weighted by Crippen LogP contribution is -2.24. The van der Waals surface area contributed by atoms with E-state index in [-0.39, 0.29) is 12.5 Å². The van der Waals surface area contributed by atoms with Crippen molar-refractivity contribution in [2.45, 2.75) is 57.5 Å². The van der Waals surface area contributed by atoms with Gasteiger partial charge in [-0.05, 0) is 68.5 Å². The van der Waals surface area contributed by atoms with Gasteiger partial charge in [0.05, 0.1) is 25.0 Å². The van der Waals surface area contributed by atoms with E-state index in [4.69, 9.17) is 13.9 Å². The van der Waals surface area contributed by atoms with Gasteiger partial charge in [0.1, 0.15) is 0 Å². The smallest absolute Gasteiger partial charge is 0.305 e. The van der Waals surface area contributed by atoms with E-state index in [2.05, 4.69) is 22.0 Å². The first-order valence-electron chi connectivity index (χ1n) is 11.4. The summed E-state index contributed by atoms with van der Waals surface area (Å²) in [4.78, 5) is 11.8. The molecule has 176 valence electrons. The van der Waals surface area contributed by atoms with Gasteiger partial charge in [-0.2, -0.15) is 0 Å². The number of aromatic nitrogens is 2. The Bertz CT molecular complexity index is 1230. The predicted molar refractivity (Wildman–Crippen MR) is 127 cm³/mol. The number of rotatable bonds is 7. The number of carbonyl (C=O) groups is 1. The number of ether oxygens (including phenoxy) is 2. The van der Waals surface area contributed by atoms with Crippen LogP contribution in [0.15, 0.2) is 46.9 Å². The summed E-state index contributed by atoms with van der Waals surface area (Å²) < 4.78 is 17.2. The standard InChI is InChI=1S/C27H28N2O5/c1-18-28-29-26(33-18)20-8-6-7-19(15-20)13-14-27(2,17-25(30)31)21-11-12-23(32-3)24(16-21)34-22-9-4-5-10-22/h6-8,11-12,15-16,22H,4-5,9-10,17H2,1-3H3,(H,30,31). The molecule has 1 aliphatic carbocycles. The van der Waals surface area contributed by atoms with E-state index >= 15 is 0 Å². The van der Waals surface area contributed by atoms with Gasteiger partial charge in [-0.25, -0.2) is 0 Å². The van der Waals surface area contributed by atoms with Gasteiger partial charge in [0.2, 0.25) is 11.8 Å². The summed E-state index contributed by atoms with van der Waals surface area (Å²) in [6.07, 6.45) is 4.31. The fourth-order valence-electron chi connectivity index (χ4n) is 4.17. The van der Waals surface area contributed by atoms with Crippen LogP contribution in [0.4, 0.5) is 0 Å². The highest BCUT2D eigenvalue weighted by Crippen LogP contribution is 2.37. The van der Waals surface area contributed by atoms with Gasteiger partial charge in [0.15, 0.2) is 11.5 Å². The van der Waals surface area contributed by atoms with Gasteiger partial charge < -0.3 is 19.0 Å². The second-order valence-electron chi connectivity index (χ2n) is 8.75. The van der Waals surface area contributed by atoms with Gasteiger partial charge in [-0.3, -0.25) is 4.79 Å². The van der Waals surface area contributed by atoms with Crippen LogP contribution in [0, 0.1) is 18.8 Å². The number of nitrogens with zero attached hydrogens (tertiary/aromatic N) is 2. The molecule has 7 heteroatoms. The first-order valence-corrected chi connectivity index (χ1v) is 11.4. The number of hydrogen-bond acceptors (Lipinski definition) is 6. The number of hydrogen-bond donors (Lipinski definition) is 1. The number of carboxylic acid groups (broad SMARTS) is 1. The minimum absolute atomic E-state index is 0.150. The summed E-state index contributed by atoms with van der Waals surface area (Å²) in [5, 5.41) is 17.6. The van der Waals surface area contributed by atoms with E-state index in [0.717, 1.165) is 42.4 Å². The van der Waals surface area contributed by atoms with Crippen LogP contribution in [0.1, 0.15) is 56.0 Å². The van der Waals surface area contributed by atoms with Crippen molar-refractivity contribution in [3.8, 4) is 34.8 Å². The van der Waals surface area contributed by atoms with E-state index in [9.17, 15) is 9.90 Å². The first-order chi connectivity index (χ1) is 16.4. The van der Waals surface area contributed by atoms with Crippen LogP contribution in [-0.2, 0) is 10.2 Å². The molecule has 1 aromatic heterocycles. The largest absolute Gasteiger partial charge is 0.493 e. The van der Waals surface area contributed by atoms with Gasteiger partial charge in [-0.1, -0.05) is 24.0 Å². The topological polar surface area (TPSA) is 94.7 Å². The maximum atomic E-state index is 11.8. The molecule has 0 saturated heterocycles. The molecule has 0 radical (unpaired) electrons. The predicted octanol–water partition coefficient (Wildman–Crippen LogP) is 5.16. The molecule has 1 unspecified atom stereocenters. The lowest BCUT2D eigenvalue weighted by Gasteiger charge is -2.24. The van der Waals surface area contributed by atoms with Crippen LogP contribution in [0.25, 0.3) is 11.5 Å². The minimum Gasteiger partial charge on any atom is -0.493 e. The van der Waals surface area contributed by atoms with Crippen molar-refractivity contribution >= 4 is 5.97 Å². The third-order valence-corrected chi connectivity index (χ3v) is 6.02.